The average Bonchev–Trinajstić information content (AvgIpc) is 2.83. The fourth-order valence-electron chi connectivity index (χ4n) is 1.29. The molecule has 19 heavy (non-hydrogen) atoms. The third-order valence-corrected chi connectivity index (χ3v) is 3.21. The van der Waals surface area contributed by atoms with Gasteiger partial charge in [0.2, 0.25) is 9.47 Å². The lowest BCUT2D eigenvalue weighted by Crippen LogP contribution is -2.22. The number of carbonyl (C=O) groups is 1. The van der Waals surface area contributed by atoms with Crippen LogP contribution in [0.25, 0.3) is 0 Å². The molecule has 9 heteroatoms. The first-order valence-electron chi connectivity index (χ1n) is 5.07. The number of nitro groups is 1. The summed E-state index contributed by atoms with van der Waals surface area (Å²) in [6.45, 7) is 0.244. The predicted molar refractivity (Wildman–Crippen MR) is 69.2 cm³/mol. The van der Waals surface area contributed by atoms with Crippen molar-refractivity contribution in [3.63, 3.8) is 0 Å². The number of hydrogen-bond acceptors (Lipinski definition) is 6. The van der Waals surface area contributed by atoms with Crippen LogP contribution in [0.2, 0.25) is 4.47 Å². The molecule has 0 spiro atoms. The molecular formula is C10H7ClN4O3S. The van der Waals surface area contributed by atoms with Gasteiger partial charge in [-0.1, -0.05) is 23.5 Å². The minimum atomic E-state index is -0.481. The second kappa shape index (κ2) is 5.72. The van der Waals surface area contributed by atoms with Crippen LogP contribution in [-0.4, -0.2) is 21.0 Å². The topological polar surface area (TPSA) is 98.0 Å². The van der Waals surface area contributed by atoms with Crippen LogP contribution < -0.4 is 5.32 Å². The van der Waals surface area contributed by atoms with Gasteiger partial charge in [0.1, 0.15) is 0 Å². The molecule has 0 unspecified atom stereocenters. The highest BCUT2D eigenvalue weighted by Crippen LogP contribution is 2.15. The van der Waals surface area contributed by atoms with Gasteiger partial charge in [-0.3, -0.25) is 14.9 Å². The van der Waals surface area contributed by atoms with Crippen molar-refractivity contribution in [2.45, 2.75) is 6.54 Å². The summed E-state index contributed by atoms with van der Waals surface area (Å²) in [5, 5.41) is 20.4. The van der Waals surface area contributed by atoms with E-state index in [1.54, 1.807) is 12.1 Å². The van der Waals surface area contributed by atoms with Crippen LogP contribution in [0.3, 0.4) is 0 Å². The molecule has 0 aliphatic rings. The molecule has 0 aliphatic heterocycles. The number of nitro benzene ring substituents is 1. The van der Waals surface area contributed by atoms with Crippen molar-refractivity contribution in [2.24, 2.45) is 0 Å². The lowest BCUT2D eigenvalue weighted by molar-refractivity contribution is -0.384. The maximum Gasteiger partial charge on any atom is 0.282 e. The van der Waals surface area contributed by atoms with Gasteiger partial charge in [0.15, 0.2) is 0 Å². The summed E-state index contributed by atoms with van der Waals surface area (Å²) in [6.07, 6.45) is 0. The maximum atomic E-state index is 11.6. The Morgan fingerprint density at radius 2 is 2.05 bits per heavy atom. The van der Waals surface area contributed by atoms with E-state index in [-0.39, 0.29) is 27.6 Å². The molecule has 1 aromatic heterocycles. The molecule has 2 aromatic rings. The molecule has 0 fully saturated rings. The van der Waals surface area contributed by atoms with Crippen molar-refractivity contribution in [1.82, 2.24) is 15.5 Å². The molecule has 1 aromatic carbocycles. The molecule has 0 saturated carbocycles. The molecule has 0 radical (unpaired) electrons. The van der Waals surface area contributed by atoms with Gasteiger partial charge >= 0.3 is 0 Å². The van der Waals surface area contributed by atoms with Crippen molar-refractivity contribution in [3.05, 3.63) is 49.4 Å². The number of halogens is 1. The zero-order valence-corrected chi connectivity index (χ0v) is 10.9. The van der Waals surface area contributed by atoms with E-state index in [1.807, 2.05) is 0 Å². The maximum absolute atomic E-state index is 11.6. The van der Waals surface area contributed by atoms with Crippen molar-refractivity contribution >= 4 is 34.5 Å². The molecule has 0 saturated heterocycles. The molecule has 1 amide bonds. The van der Waals surface area contributed by atoms with E-state index < -0.39 is 4.92 Å². The lowest BCUT2D eigenvalue weighted by atomic mass is 10.2. The summed E-state index contributed by atoms with van der Waals surface area (Å²) in [6, 6.07) is 5.91. The van der Waals surface area contributed by atoms with E-state index in [9.17, 15) is 14.9 Å². The van der Waals surface area contributed by atoms with E-state index in [0.29, 0.717) is 0 Å². The number of rotatable bonds is 4. The number of amides is 1. The van der Waals surface area contributed by atoms with Gasteiger partial charge in [-0.2, -0.15) is 0 Å². The first kappa shape index (κ1) is 13.4. The summed E-state index contributed by atoms with van der Waals surface area (Å²) in [5.74, 6) is -0.386. The Bertz CT molecular complexity index is 613. The summed E-state index contributed by atoms with van der Waals surface area (Å²) in [4.78, 5) is 21.6. The van der Waals surface area contributed by atoms with Gasteiger partial charge in [-0.25, -0.2) is 0 Å². The molecule has 0 bridgehead atoms. The molecule has 2 rings (SSSR count). The predicted octanol–water partition coefficient (Wildman–Crippen LogP) is 2.03. The van der Waals surface area contributed by atoms with Gasteiger partial charge in [-0.15, -0.1) is 10.2 Å². The number of nitrogens with zero attached hydrogens (tertiary/aromatic N) is 3. The fraction of sp³-hybridized carbons (Fsp3) is 0.100. The normalized spacial score (nSPS) is 10.2. The van der Waals surface area contributed by atoms with Gasteiger partial charge in [0, 0.05) is 18.7 Å². The van der Waals surface area contributed by atoms with Crippen LogP contribution >= 0.6 is 22.9 Å². The number of nitrogens with one attached hydrogen (secondary N) is 1. The Balaban J connectivity index is 1.95. The Kier molecular flexibility index (Phi) is 4.03. The number of carbonyl (C=O) groups excluding carboxylic acids is 1. The lowest BCUT2D eigenvalue weighted by Gasteiger charge is -2.02. The highest BCUT2D eigenvalue weighted by molar-refractivity contribution is 7.17. The second-order valence-electron chi connectivity index (χ2n) is 3.47. The molecule has 98 valence electrons. The smallest absolute Gasteiger partial charge is 0.282 e. The zero-order valence-electron chi connectivity index (χ0n) is 9.37. The highest BCUT2D eigenvalue weighted by Gasteiger charge is 2.11. The largest absolute Gasteiger partial charge is 0.346 e. The fourth-order valence-corrected chi connectivity index (χ4v) is 2.04. The van der Waals surface area contributed by atoms with Gasteiger partial charge in [0.25, 0.3) is 11.6 Å². The van der Waals surface area contributed by atoms with Gasteiger partial charge < -0.3 is 5.32 Å². The Labute approximate surface area is 116 Å². The zero-order chi connectivity index (χ0) is 13.8. The third kappa shape index (κ3) is 3.46. The van der Waals surface area contributed by atoms with E-state index in [4.69, 9.17) is 11.6 Å². The first-order chi connectivity index (χ1) is 9.06. The molecule has 7 nitrogen and oxygen atoms in total. The SMILES string of the molecule is O=C(NCc1ccc([N+](=O)[O-])cc1)c1nnc(Cl)s1. The van der Waals surface area contributed by atoms with Gasteiger partial charge in [0.05, 0.1) is 4.92 Å². The van der Waals surface area contributed by atoms with E-state index in [0.717, 1.165) is 16.9 Å². The number of non-ortho nitro benzene ring substituents is 1. The van der Waals surface area contributed by atoms with Crippen LogP contribution in [0.4, 0.5) is 5.69 Å². The molecule has 0 atom stereocenters. The summed E-state index contributed by atoms with van der Waals surface area (Å²) in [5.41, 5.74) is 0.751. The standard InChI is InChI=1S/C10H7ClN4O3S/c11-10-14-13-9(19-10)8(16)12-5-6-1-3-7(4-2-6)15(17)18/h1-4H,5H2,(H,12,16). The molecule has 1 N–H and O–H groups in total. The van der Waals surface area contributed by atoms with Crippen LogP contribution in [0.15, 0.2) is 24.3 Å². The molecule has 1 heterocycles. The number of benzene rings is 1. The second-order valence-corrected chi connectivity index (χ2v) is 5.03. The van der Waals surface area contributed by atoms with E-state index >= 15 is 0 Å². The van der Waals surface area contributed by atoms with Crippen molar-refractivity contribution in [3.8, 4) is 0 Å². The van der Waals surface area contributed by atoms with Crippen LogP contribution in [-0.2, 0) is 6.54 Å². The Morgan fingerprint density at radius 3 is 2.58 bits per heavy atom. The highest BCUT2D eigenvalue weighted by atomic mass is 35.5. The van der Waals surface area contributed by atoms with Crippen LogP contribution in [0.1, 0.15) is 15.4 Å². The number of aromatic nitrogens is 2. The quantitative estimate of drug-likeness (QED) is 0.688. The summed E-state index contributed by atoms with van der Waals surface area (Å²) >= 11 is 6.55. The van der Waals surface area contributed by atoms with E-state index in [1.165, 1.54) is 12.1 Å². The van der Waals surface area contributed by atoms with Crippen molar-refractivity contribution < 1.29 is 9.72 Å². The minimum Gasteiger partial charge on any atom is -0.346 e. The summed E-state index contributed by atoms with van der Waals surface area (Å²) in [7, 11) is 0. The van der Waals surface area contributed by atoms with Crippen molar-refractivity contribution in [2.75, 3.05) is 0 Å². The van der Waals surface area contributed by atoms with Crippen LogP contribution in [0.5, 0.6) is 0 Å². The van der Waals surface area contributed by atoms with E-state index in [2.05, 4.69) is 15.5 Å². The Hall–Kier alpha value is -2.06. The molecular weight excluding hydrogens is 292 g/mol. The van der Waals surface area contributed by atoms with Crippen LogP contribution in [0, 0.1) is 10.1 Å². The molecule has 0 aliphatic carbocycles. The number of hydrogen-bond donors (Lipinski definition) is 1. The summed E-state index contributed by atoms with van der Waals surface area (Å²) < 4.78 is 0.195. The first-order valence-corrected chi connectivity index (χ1v) is 6.26. The monoisotopic (exact) mass is 298 g/mol. The minimum absolute atomic E-state index is 0.00554. The third-order valence-electron chi connectivity index (χ3n) is 2.19. The van der Waals surface area contributed by atoms with Gasteiger partial charge in [-0.05, 0) is 17.2 Å². The van der Waals surface area contributed by atoms with Crippen molar-refractivity contribution in [1.29, 1.82) is 0 Å². The Morgan fingerprint density at radius 1 is 1.37 bits per heavy atom. The average molecular weight is 299 g/mol.